The van der Waals surface area contributed by atoms with E-state index in [9.17, 15) is 4.79 Å². The maximum atomic E-state index is 12.3. The van der Waals surface area contributed by atoms with Gasteiger partial charge in [0.15, 0.2) is 0 Å². The van der Waals surface area contributed by atoms with Gasteiger partial charge in [-0.1, -0.05) is 6.07 Å². The van der Waals surface area contributed by atoms with Crippen LogP contribution in [0.5, 0.6) is 0 Å². The molecule has 0 spiro atoms. The van der Waals surface area contributed by atoms with Crippen molar-refractivity contribution in [3.8, 4) is 0 Å². The number of aryl methyl sites for hydroxylation is 1. The van der Waals surface area contributed by atoms with Crippen LogP contribution in [0, 0.1) is 6.92 Å². The third-order valence-electron chi connectivity index (χ3n) is 4.50. The Morgan fingerprint density at radius 3 is 3.14 bits per heavy atom. The quantitative estimate of drug-likeness (QED) is 0.914. The first-order valence-electron chi connectivity index (χ1n) is 8.02. The molecule has 2 aromatic heterocycles. The van der Waals surface area contributed by atoms with E-state index in [1.54, 1.807) is 16.7 Å². The van der Waals surface area contributed by atoms with Crippen molar-refractivity contribution in [2.45, 2.75) is 45.2 Å². The number of aliphatic hydroxyl groups is 1. The lowest BCUT2D eigenvalue weighted by molar-refractivity contribution is 0.208. The molecule has 0 aliphatic carbocycles. The SMILES string of the molecule is Cc1cccn2c(=O)cc(CN3CCCC3CCCO)nc12. The molecule has 3 heterocycles. The van der Waals surface area contributed by atoms with Crippen LogP contribution >= 0.6 is 0 Å². The molecule has 5 heteroatoms. The zero-order chi connectivity index (χ0) is 15.5. The van der Waals surface area contributed by atoms with Gasteiger partial charge in [-0.15, -0.1) is 0 Å². The smallest absolute Gasteiger partial charge is 0.258 e. The van der Waals surface area contributed by atoms with Crippen molar-refractivity contribution in [1.82, 2.24) is 14.3 Å². The molecule has 0 bridgehead atoms. The normalized spacial score (nSPS) is 19.1. The minimum Gasteiger partial charge on any atom is -0.396 e. The predicted molar refractivity (Wildman–Crippen MR) is 86.0 cm³/mol. The number of hydrogen-bond acceptors (Lipinski definition) is 4. The second-order valence-corrected chi connectivity index (χ2v) is 6.10. The van der Waals surface area contributed by atoms with E-state index >= 15 is 0 Å². The Morgan fingerprint density at radius 1 is 1.45 bits per heavy atom. The van der Waals surface area contributed by atoms with Gasteiger partial charge in [0.1, 0.15) is 5.65 Å². The lowest BCUT2D eigenvalue weighted by Gasteiger charge is -2.24. The molecule has 1 N–H and O–H groups in total. The summed E-state index contributed by atoms with van der Waals surface area (Å²) in [5.74, 6) is 0. The van der Waals surface area contributed by atoms with Gasteiger partial charge in [-0.25, -0.2) is 4.98 Å². The molecule has 1 unspecified atom stereocenters. The molecule has 22 heavy (non-hydrogen) atoms. The van der Waals surface area contributed by atoms with Crippen molar-refractivity contribution in [2.75, 3.05) is 13.2 Å². The Hall–Kier alpha value is -1.72. The molecule has 118 valence electrons. The van der Waals surface area contributed by atoms with Crippen molar-refractivity contribution in [1.29, 1.82) is 0 Å². The summed E-state index contributed by atoms with van der Waals surface area (Å²) in [6.45, 7) is 3.99. The van der Waals surface area contributed by atoms with Gasteiger partial charge in [0.2, 0.25) is 0 Å². The van der Waals surface area contributed by atoms with Gasteiger partial charge in [0, 0.05) is 31.5 Å². The van der Waals surface area contributed by atoms with Gasteiger partial charge in [-0.3, -0.25) is 14.1 Å². The largest absolute Gasteiger partial charge is 0.396 e. The van der Waals surface area contributed by atoms with Gasteiger partial charge >= 0.3 is 0 Å². The maximum Gasteiger partial charge on any atom is 0.258 e. The first-order valence-corrected chi connectivity index (χ1v) is 8.02. The zero-order valence-electron chi connectivity index (χ0n) is 13.0. The number of pyridine rings is 1. The summed E-state index contributed by atoms with van der Waals surface area (Å²) in [7, 11) is 0. The van der Waals surface area contributed by atoms with E-state index in [2.05, 4.69) is 9.88 Å². The highest BCUT2D eigenvalue weighted by molar-refractivity contribution is 5.46. The van der Waals surface area contributed by atoms with Crippen LogP contribution in [0.25, 0.3) is 5.65 Å². The van der Waals surface area contributed by atoms with Crippen molar-refractivity contribution in [3.05, 3.63) is 46.0 Å². The molecule has 1 atom stereocenters. The van der Waals surface area contributed by atoms with E-state index in [4.69, 9.17) is 5.11 Å². The molecule has 1 aliphatic rings. The summed E-state index contributed by atoms with van der Waals surface area (Å²) in [5.41, 5.74) is 2.58. The Kier molecular flexibility index (Phi) is 4.55. The fraction of sp³-hybridized carbons (Fsp3) is 0.529. The first-order chi connectivity index (χ1) is 10.7. The second-order valence-electron chi connectivity index (χ2n) is 6.10. The maximum absolute atomic E-state index is 12.3. The van der Waals surface area contributed by atoms with Crippen LogP contribution < -0.4 is 5.56 Å². The molecule has 0 radical (unpaired) electrons. The molecule has 0 amide bonds. The Morgan fingerprint density at radius 2 is 2.32 bits per heavy atom. The molecule has 0 aromatic carbocycles. The number of aliphatic hydroxyl groups excluding tert-OH is 1. The molecular formula is C17H23N3O2. The van der Waals surface area contributed by atoms with Crippen LogP contribution in [-0.4, -0.2) is 38.6 Å². The Balaban J connectivity index is 1.85. The molecule has 1 aliphatic heterocycles. The van der Waals surface area contributed by atoms with Crippen molar-refractivity contribution in [3.63, 3.8) is 0 Å². The van der Waals surface area contributed by atoms with E-state index in [1.165, 1.54) is 12.8 Å². The molecular weight excluding hydrogens is 278 g/mol. The second kappa shape index (κ2) is 6.58. The van der Waals surface area contributed by atoms with E-state index in [-0.39, 0.29) is 12.2 Å². The molecule has 1 fully saturated rings. The average molecular weight is 301 g/mol. The summed E-state index contributed by atoms with van der Waals surface area (Å²) >= 11 is 0. The summed E-state index contributed by atoms with van der Waals surface area (Å²) in [6, 6.07) is 6.00. The summed E-state index contributed by atoms with van der Waals surface area (Å²) in [4.78, 5) is 19.3. The van der Waals surface area contributed by atoms with Gasteiger partial charge in [0.05, 0.1) is 5.69 Å². The zero-order valence-corrected chi connectivity index (χ0v) is 13.0. The van der Waals surface area contributed by atoms with Crippen LogP contribution in [0.4, 0.5) is 0 Å². The number of hydrogen-bond donors (Lipinski definition) is 1. The highest BCUT2D eigenvalue weighted by atomic mass is 16.2. The lowest BCUT2D eigenvalue weighted by atomic mass is 10.1. The minimum atomic E-state index is -0.0187. The minimum absolute atomic E-state index is 0.0187. The molecule has 3 rings (SSSR count). The summed E-state index contributed by atoms with van der Waals surface area (Å²) in [5, 5.41) is 9.01. The fourth-order valence-corrected chi connectivity index (χ4v) is 3.36. The van der Waals surface area contributed by atoms with E-state index < -0.39 is 0 Å². The topological polar surface area (TPSA) is 57.8 Å². The van der Waals surface area contributed by atoms with E-state index in [1.807, 2.05) is 19.1 Å². The van der Waals surface area contributed by atoms with E-state index in [0.717, 1.165) is 42.8 Å². The molecule has 5 nitrogen and oxygen atoms in total. The number of fused-ring (bicyclic) bond motifs is 1. The Labute approximate surface area is 130 Å². The monoisotopic (exact) mass is 301 g/mol. The Bertz CT molecular complexity index is 711. The molecule has 1 saturated heterocycles. The van der Waals surface area contributed by atoms with Crippen LogP contribution in [0.2, 0.25) is 0 Å². The van der Waals surface area contributed by atoms with Crippen molar-refractivity contribution >= 4 is 5.65 Å². The van der Waals surface area contributed by atoms with Gasteiger partial charge in [-0.05, 0) is 50.8 Å². The van der Waals surface area contributed by atoms with Crippen molar-refractivity contribution < 1.29 is 5.11 Å². The van der Waals surface area contributed by atoms with Gasteiger partial charge in [0.25, 0.3) is 5.56 Å². The average Bonchev–Trinajstić information content (AvgIpc) is 2.93. The van der Waals surface area contributed by atoms with Crippen LogP contribution in [-0.2, 0) is 6.54 Å². The predicted octanol–water partition coefficient (Wildman–Crippen LogP) is 1.74. The fourth-order valence-electron chi connectivity index (χ4n) is 3.36. The molecule has 0 saturated carbocycles. The highest BCUT2D eigenvalue weighted by Crippen LogP contribution is 2.23. The van der Waals surface area contributed by atoms with Crippen LogP contribution in [0.3, 0.4) is 0 Å². The summed E-state index contributed by atoms with van der Waals surface area (Å²) in [6.07, 6.45) is 5.98. The van der Waals surface area contributed by atoms with Gasteiger partial charge in [-0.2, -0.15) is 0 Å². The third-order valence-corrected chi connectivity index (χ3v) is 4.50. The highest BCUT2D eigenvalue weighted by Gasteiger charge is 2.24. The first kappa shape index (κ1) is 15.2. The van der Waals surface area contributed by atoms with Crippen LogP contribution in [0.15, 0.2) is 29.2 Å². The number of aromatic nitrogens is 2. The number of nitrogens with zero attached hydrogens (tertiary/aromatic N) is 3. The van der Waals surface area contributed by atoms with Crippen LogP contribution in [0.1, 0.15) is 36.9 Å². The number of rotatable bonds is 5. The third kappa shape index (κ3) is 3.05. The standard InChI is InChI=1S/C17H23N3O2/c1-13-5-2-9-20-16(22)11-14(18-17(13)20)12-19-8-3-6-15(19)7-4-10-21/h2,5,9,11,15,21H,3-4,6-8,10,12H2,1H3. The van der Waals surface area contributed by atoms with Gasteiger partial charge < -0.3 is 5.11 Å². The summed E-state index contributed by atoms with van der Waals surface area (Å²) < 4.78 is 1.60. The molecule has 2 aromatic rings. The van der Waals surface area contributed by atoms with E-state index in [0.29, 0.717) is 6.04 Å². The lowest BCUT2D eigenvalue weighted by Crippen LogP contribution is -2.30. The van der Waals surface area contributed by atoms with Crippen molar-refractivity contribution in [2.24, 2.45) is 0 Å². The number of likely N-dealkylation sites (tertiary alicyclic amines) is 1.